The predicted octanol–water partition coefficient (Wildman–Crippen LogP) is 1.41. The van der Waals surface area contributed by atoms with E-state index in [0.29, 0.717) is 0 Å². The van der Waals surface area contributed by atoms with Crippen LogP contribution in [0.3, 0.4) is 0 Å². The number of rotatable bonds is 0. The van der Waals surface area contributed by atoms with E-state index in [1.54, 1.807) is 0 Å². The summed E-state index contributed by atoms with van der Waals surface area (Å²) in [7, 11) is 0. The van der Waals surface area contributed by atoms with Crippen molar-refractivity contribution in [1.29, 1.82) is 0 Å². The number of hydrogen-bond donors (Lipinski definition) is 0. The number of nitrogens with zero attached hydrogens (tertiary/aromatic N) is 1. The Morgan fingerprint density at radius 3 is 3.18 bits per heavy atom. The van der Waals surface area contributed by atoms with E-state index in [-0.39, 0.29) is 5.91 Å². The molecule has 0 spiro atoms. The van der Waals surface area contributed by atoms with Gasteiger partial charge in [0.05, 0.1) is 5.71 Å². The van der Waals surface area contributed by atoms with E-state index in [0.717, 1.165) is 17.7 Å². The van der Waals surface area contributed by atoms with Crippen LogP contribution in [0.15, 0.2) is 40.9 Å². The van der Waals surface area contributed by atoms with Crippen LogP contribution in [0.1, 0.15) is 6.42 Å². The first-order valence-corrected chi connectivity index (χ1v) is 3.53. The molecule has 2 aliphatic rings. The molecule has 0 fully saturated rings. The van der Waals surface area contributed by atoms with Crippen LogP contribution in [-0.2, 0) is 4.79 Å². The molecule has 2 heteroatoms. The minimum absolute atomic E-state index is 0.146. The molecule has 0 N–H and O–H groups in total. The van der Waals surface area contributed by atoms with Crippen LogP contribution < -0.4 is 0 Å². The molecule has 0 bridgehead atoms. The van der Waals surface area contributed by atoms with Crippen LogP contribution in [0.2, 0.25) is 0 Å². The maximum Gasteiger partial charge on any atom is 0.269 e. The van der Waals surface area contributed by atoms with Crippen molar-refractivity contribution in [3.63, 3.8) is 0 Å². The second kappa shape index (κ2) is 2.31. The average molecular weight is 145 g/mol. The summed E-state index contributed by atoms with van der Waals surface area (Å²) in [6.07, 6.45) is 10.0. The fourth-order valence-corrected chi connectivity index (χ4v) is 1.16. The Morgan fingerprint density at radius 2 is 2.27 bits per heavy atom. The van der Waals surface area contributed by atoms with E-state index in [1.807, 2.05) is 24.3 Å². The predicted molar refractivity (Wildman–Crippen MR) is 43.4 cm³/mol. The highest BCUT2D eigenvalue weighted by Crippen LogP contribution is 2.14. The number of carbonyl (C=O) groups is 1. The molecule has 54 valence electrons. The van der Waals surface area contributed by atoms with Gasteiger partial charge in [0, 0.05) is 12.5 Å². The van der Waals surface area contributed by atoms with Crippen LogP contribution in [0.4, 0.5) is 0 Å². The van der Waals surface area contributed by atoms with Gasteiger partial charge in [0.2, 0.25) is 0 Å². The largest absolute Gasteiger partial charge is 0.269 e. The van der Waals surface area contributed by atoms with Crippen molar-refractivity contribution in [3.05, 3.63) is 36.0 Å². The zero-order valence-electron chi connectivity index (χ0n) is 5.95. The molecule has 11 heavy (non-hydrogen) atoms. The summed E-state index contributed by atoms with van der Waals surface area (Å²) in [6, 6.07) is 0. The molecule has 0 aromatic heterocycles. The lowest BCUT2D eigenvalue weighted by Crippen LogP contribution is -2.09. The summed E-state index contributed by atoms with van der Waals surface area (Å²) in [5.41, 5.74) is 1.95. The van der Waals surface area contributed by atoms with Crippen molar-refractivity contribution in [2.75, 3.05) is 0 Å². The van der Waals surface area contributed by atoms with Crippen LogP contribution >= 0.6 is 0 Å². The Bertz CT molecular complexity index is 318. The van der Waals surface area contributed by atoms with Gasteiger partial charge in [-0.3, -0.25) is 4.79 Å². The molecule has 2 rings (SSSR count). The third-order valence-electron chi connectivity index (χ3n) is 1.71. The molecular weight excluding hydrogens is 138 g/mol. The highest BCUT2D eigenvalue weighted by atomic mass is 16.1. The Labute approximate surface area is 64.6 Å². The van der Waals surface area contributed by atoms with Gasteiger partial charge < -0.3 is 0 Å². The Kier molecular flexibility index (Phi) is 1.32. The molecule has 1 aliphatic carbocycles. The third kappa shape index (κ3) is 1.07. The molecule has 1 aliphatic heterocycles. The molecule has 0 aromatic rings. The summed E-state index contributed by atoms with van der Waals surface area (Å²) in [5.74, 6) is -0.146. The van der Waals surface area contributed by atoms with Gasteiger partial charge in [0.15, 0.2) is 0 Å². The van der Waals surface area contributed by atoms with Crippen molar-refractivity contribution in [1.82, 2.24) is 0 Å². The molecular formula is C9H7NO. The SMILES string of the molecule is O=C1C=CC2=CC=CCC2=N1. The average Bonchev–Trinajstić information content (AvgIpc) is 2.04. The van der Waals surface area contributed by atoms with Crippen LogP contribution in [0, 0.1) is 0 Å². The van der Waals surface area contributed by atoms with Gasteiger partial charge in [-0.1, -0.05) is 18.2 Å². The number of amides is 1. The second-order valence-electron chi connectivity index (χ2n) is 2.48. The van der Waals surface area contributed by atoms with Gasteiger partial charge in [-0.15, -0.1) is 0 Å². The topological polar surface area (TPSA) is 29.4 Å². The molecule has 0 aromatic carbocycles. The number of carbonyl (C=O) groups excluding carboxylic acids is 1. The lowest BCUT2D eigenvalue weighted by atomic mass is 10.0. The highest BCUT2D eigenvalue weighted by Gasteiger charge is 2.11. The van der Waals surface area contributed by atoms with Crippen molar-refractivity contribution in [2.45, 2.75) is 6.42 Å². The molecule has 0 saturated carbocycles. The Morgan fingerprint density at radius 1 is 1.36 bits per heavy atom. The fourth-order valence-electron chi connectivity index (χ4n) is 1.16. The van der Waals surface area contributed by atoms with Crippen molar-refractivity contribution in [2.24, 2.45) is 4.99 Å². The standard InChI is InChI=1S/C9H7NO/c11-9-6-5-7-3-1-2-4-8(7)10-9/h1-3,5-6H,4H2. The smallest absolute Gasteiger partial charge is 0.267 e. The lowest BCUT2D eigenvalue weighted by molar-refractivity contribution is -0.113. The summed E-state index contributed by atoms with van der Waals surface area (Å²) < 4.78 is 0. The van der Waals surface area contributed by atoms with Crippen LogP contribution in [0.25, 0.3) is 0 Å². The normalized spacial score (nSPS) is 20.9. The molecule has 1 amide bonds. The zero-order valence-corrected chi connectivity index (χ0v) is 5.95. The van der Waals surface area contributed by atoms with Gasteiger partial charge in [-0.05, 0) is 11.6 Å². The molecule has 0 radical (unpaired) electrons. The lowest BCUT2D eigenvalue weighted by Gasteiger charge is -2.10. The van der Waals surface area contributed by atoms with Gasteiger partial charge in [-0.25, -0.2) is 4.99 Å². The van der Waals surface area contributed by atoms with Crippen LogP contribution in [0.5, 0.6) is 0 Å². The monoisotopic (exact) mass is 145 g/mol. The number of dihydropyridines is 1. The summed E-state index contributed by atoms with van der Waals surface area (Å²) in [6.45, 7) is 0. The van der Waals surface area contributed by atoms with Gasteiger partial charge in [-0.2, -0.15) is 0 Å². The van der Waals surface area contributed by atoms with Gasteiger partial charge >= 0.3 is 0 Å². The van der Waals surface area contributed by atoms with E-state index < -0.39 is 0 Å². The van der Waals surface area contributed by atoms with E-state index in [4.69, 9.17) is 0 Å². The Balaban J connectivity index is 2.44. The molecule has 1 heterocycles. The maximum atomic E-state index is 10.8. The number of hydrogen-bond acceptors (Lipinski definition) is 1. The maximum absolute atomic E-state index is 10.8. The minimum Gasteiger partial charge on any atom is -0.267 e. The summed E-state index contributed by atoms with van der Waals surface area (Å²) in [5, 5.41) is 0. The number of allylic oxidation sites excluding steroid dienone is 5. The number of aliphatic imine (C=N–C) groups is 1. The quantitative estimate of drug-likeness (QED) is 0.506. The Hall–Kier alpha value is -1.44. The first-order valence-electron chi connectivity index (χ1n) is 3.53. The first kappa shape index (κ1) is 6.28. The van der Waals surface area contributed by atoms with E-state index in [2.05, 4.69) is 4.99 Å². The van der Waals surface area contributed by atoms with Crippen LogP contribution in [-0.4, -0.2) is 11.6 Å². The van der Waals surface area contributed by atoms with Gasteiger partial charge in [0.25, 0.3) is 5.91 Å². The molecule has 0 atom stereocenters. The molecule has 0 saturated heterocycles. The van der Waals surface area contributed by atoms with E-state index >= 15 is 0 Å². The summed E-state index contributed by atoms with van der Waals surface area (Å²) >= 11 is 0. The second-order valence-corrected chi connectivity index (χ2v) is 2.48. The minimum atomic E-state index is -0.146. The third-order valence-corrected chi connectivity index (χ3v) is 1.71. The molecule has 2 nitrogen and oxygen atoms in total. The van der Waals surface area contributed by atoms with Crippen molar-refractivity contribution < 1.29 is 4.79 Å². The van der Waals surface area contributed by atoms with E-state index in [1.165, 1.54) is 6.08 Å². The highest BCUT2D eigenvalue weighted by molar-refractivity contribution is 6.14. The van der Waals surface area contributed by atoms with Gasteiger partial charge in [0.1, 0.15) is 0 Å². The number of fused-ring (bicyclic) bond motifs is 1. The van der Waals surface area contributed by atoms with E-state index in [9.17, 15) is 4.79 Å². The van der Waals surface area contributed by atoms with Crippen molar-refractivity contribution >= 4 is 11.6 Å². The first-order chi connectivity index (χ1) is 5.36. The fraction of sp³-hybridized carbons (Fsp3) is 0.111. The summed E-state index contributed by atoms with van der Waals surface area (Å²) in [4.78, 5) is 14.7. The zero-order chi connectivity index (χ0) is 7.68. The molecule has 0 unspecified atom stereocenters. The van der Waals surface area contributed by atoms with Crippen molar-refractivity contribution in [3.8, 4) is 0 Å².